The molecule has 1 atom stereocenters. The lowest BCUT2D eigenvalue weighted by Crippen LogP contribution is -2.28. The highest BCUT2D eigenvalue weighted by Crippen LogP contribution is 2.31. The second-order valence-corrected chi connectivity index (χ2v) is 3.54. The van der Waals surface area contributed by atoms with Gasteiger partial charge in [-0.05, 0) is 18.4 Å². The maximum Gasteiger partial charge on any atom is 0.407 e. The summed E-state index contributed by atoms with van der Waals surface area (Å²) in [6.45, 7) is 0.662. The second kappa shape index (κ2) is 3.70. The van der Waals surface area contributed by atoms with Crippen molar-refractivity contribution in [2.45, 2.75) is 18.9 Å². The van der Waals surface area contributed by atoms with Gasteiger partial charge in [-0.3, -0.25) is 0 Å². The van der Waals surface area contributed by atoms with Crippen molar-refractivity contribution >= 4 is 6.09 Å². The van der Waals surface area contributed by atoms with E-state index in [9.17, 15) is 4.79 Å². The van der Waals surface area contributed by atoms with Crippen LogP contribution in [-0.2, 0) is 0 Å². The number of nitrogens with zero attached hydrogens (tertiary/aromatic N) is 1. The van der Waals surface area contributed by atoms with E-state index in [1.165, 1.54) is 4.90 Å². The zero-order valence-electron chi connectivity index (χ0n) is 7.89. The average molecular weight is 191 g/mol. The quantitative estimate of drug-likeness (QED) is 0.740. The first-order valence-electron chi connectivity index (χ1n) is 4.83. The van der Waals surface area contributed by atoms with Crippen LogP contribution < -0.4 is 0 Å². The van der Waals surface area contributed by atoms with Crippen molar-refractivity contribution in [3.05, 3.63) is 35.9 Å². The van der Waals surface area contributed by atoms with E-state index in [2.05, 4.69) is 0 Å². The van der Waals surface area contributed by atoms with Crippen LogP contribution in [0.4, 0.5) is 4.79 Å². The molecule has 1 saturated heterocycles. The van der Waals surface area contributed by atoms with Gasteiger partial charge in [0, 0.05) is 6.54 Å². The Hall–Kier alpha value is -1.51. The fourth-order valence-corrected chi connectivity index (χ4v) is 2.02. The molecule has 3 nitrogen and oxygen atoms in total. The van der Waals surface area contributed by atoms with Gasteiger partial charge in [-0.1, -0.05) is 30.3 Å². The molecule has 1 aromatic rings. The number of likely N-dealkylation sites (tertiary alicyclic amines) is 1. The van der Waals surface area contributed by atoms with Gasteiger partial charge < -0.3 is 10.0 Å². The molecule has 1 amide bonds. The standard InChI is InChI=1S/C11H13NO2/c13-11(14)12-8-4-7-10(12)9-5-2-1-3-6-9/h1-3,5-6,10H,4,7-8H2,(H,13,14)/t10-/m1/s1. The highest BCUT2D eigenvalue weighted by atomic mass is 16.4. The van der Waals surface area contributed by atoms with Gasteiger partial charge in [-0.2, -0.15) is 0 Å². The lowest BCUT2D eigenvalue weighted by atomic mass is 10.1. The van der Waals surface area contributed by atoms with Crippen molar-refractivity contribution in [3.63, 3.8) is 0 Å². The maximum absolute atomic E-state index is 10.9. The van der Waals surface area contributed by atoms with Crippen molar-refractivity contribution in [2.75, 3.05) is 6.54 Å². The van der Waals surface area contributed by atoms with E-state index < -0.39 is 6.09 Å². The molecular formula is C11H13NO2. The van der Waals surface area contributed by atoms with Crippen molar-refractivity contribution in [1.29, 1.82) is 0 Å². The SMILES string of the molecule is O=C(O)N1CCC[C@@H]1c1ccccc1. The van der Waals surface area contributed by atoms with Crippen LogP contribution in [0.15, 0.2) is 30.3 Å². The number of benzene rings is 1. The van der Waals surface area contributed by atoms with Crippen LogP contribution in [0, 0.1) is 0 Å². The Morgan fingerprint density at radius 1 is 1.36 bits per heavy atom. The van der Waals surface area contributed by atoms with Crippen molar-refractivity contribution in [3.8, 4) is 0 Å². The number of carbonyl (C=O) groups is 1. The molecule has 3 heteroatoms. The molecule has 0 unspecified atom stereocenters. The zero-order chi connectivity index (χ0) is 9.97. The molecule has 14 heavy (non-hydrogen) atoms. The largest absolute Gasteiger partial charge is 0.465 e. The maximum atomic E-state index is 10.9. The van der Waals surface area contributed by atoms with Crippen LogP contribution >= 0.6 is 0 Å². The number of rotatable bonds is 1. The Balaban J connectivity index is 2.22. The molecule has 0 bridgehead atoms. The normalized spacial score (nSPS) is 21.1. The molecular weight excluding hydrogens is 178 g/mol. The van der Waals surface area contributed by atoms with Crippen LogP contribution in [0.2, 0.25) is 0 Å². The minimum Gasteiger partial charge on any atom is -0.465 e. The summed E-state index contributed by atoms with van der Waals surface area (Å²) in [4.78, 5) is 12.4. The second-order valence-electron chi connectivity index (χ2n) is 3.54. The van der Waals surface area contributed by atoms with E-state index in [1.807, 2.05) is 30.3 Å². The van der Waals surface area contributed by atoms with Crippen LogP contribution in [0.3, 0.4) is 0 Å². The molecule has 1 aliphatic heterocycles. The topological polar surface area (TPSA) is 40.5 Å². The molecule has 1 heterocycles. The van der Waals surface area contributed by atoms with Crippen molar-refractivity contribution in [1.82, 2.24) is 4.90 Å². The van der Waals surface area contributed by atoms with Crippen LogP contribution in [-0.4, -0.2) is 22.6 Å². The van der Waals surface area contributed by atoms with Crippen molar-refractivity contribution < 1.29 is 9.90 Å². The first-order chi connectivity index (χ1) is 6.79. The molecule has 74 valence electrons. The highest BCUT2D eigenvalue weighted by molar-refractivity contribution is 5.66. The van der Waals surface area contributed by atoms with Crippen LogP contribution in [0.25, 0.3) is 0 Å². The van der Waals surface area contributed by atoms with E-state index in [0.29, 0.717) is 6.54 Å². The molecule has 0 aliphatic carbocycles. The van der Waals surface area contributed by atoms with Gasteiger partial charge in [0.15, 0.2) is 0 Å². The van der Waals surface area contributed by atoms with Gasteiger partial charge in [-0.15, -0.1) is 0 Å². The molecule has 1 aromatic carbocycles. The van der Waals surface area contributed by atoms with Crippen LogP contribution in [0.5, 0.6) is 0 Å². The number of hydrogen-bond acceptors (Lipinski definition) is 1. The third-order valence-corrected chi connectivity index (χ3v) is 2.68. The molecule has 1 fully saturated rings. The van der Waals surface area contributed by atoms with Gasteiger partial charge in [0.05, 0.1) is 6.04 Å². The van der Waals surface area contributed by atoms with E-state index in [1.54, 1.807) is 0 Å². The fraction of sp³-hybridized carbons (Fsp3) is 0.364. The zero-order valence-corrected chi connectivity index (χ0v) is 7.89. The van der Waals surface area contributed by atoms with E-state index in [4.69, 9.17) is 5.11 Å². The van der Waals surface area contributed by atoms with Crippen LogP contribution in [0.1, 0.15) is 24.4 Å². The predicted molar refractivity (Wildman–Crippen MR) is 53.1 cm³/mol. The molecule has 1 N–H and O–H groups in total. The Bertz CT molecular complexity index is 323. The molecule has 0 saturated carbocycles. The Morgan fingerprint density at radius 3 is 2.71 bits per heavy atom. The molecule has 2 rings (SSSR count). The lowest BCUT2D eigenvalue weighted by Gasteiger charge is -2.21. The summed E-state index contributed by atoms with van der Waals surface area (Å²) in [5.41, 5.74) is 1.10. The Morgan fingerprint density at radius 2 is 2.07 bits per heavy atom. The van der Waals surface area contributed by atoms with E-state index >= 15 is 0 Å². The fourth-order valence-electron chi connectivity index (χ4n) is 2.02. The molecule has 0 spiro atoms. The third-order valence-electron chi connectivity index (χ3n) is 2.68. The third kappa shape index (κ3) is 1.58. The summed E-state index contributed by atoms with van der Waals surface area (Å²) >= 11 is 0. The van der Waals surface area contributed by atoms with Gasteiger partial charge in [0.25, 0.3) is 0 Å². The van der Waals surface area contributed by atoms with Gasteiger partial charge in [0.1, 0.15) is 0 Å². The van der Waals surface area contributed by atoms with Gasteiger partial charge in [0.2, 0.25) is 0 Å². The molecule has 1 aliphatic rings. The number of carboxylic acid groups (broad SMARTS) is 1. The van der Waals surface area contributed by atoms with Crippen molar-refractivity contribution in [2.24, 2.45) is 0 Å². The molecule has 0 aromatic heterocycles. The minimum absolute atomic E-state index is 0.0636. The molecule has 0 radical (unpaired) electrons. The summed E-state index contributed by atoms with van der Waals surface area (Å²) in [7, 11) is 0. The lowest BCUT2D eigenvalue weighted by molar-refractivity contribution is 0.140. The summed E-state index contributed by atoms with van der Waals surface area (Å²) in [5, 5.41) is 8.97. The average Bonchev–Trinajstić information content (AvgIpc) is 2.67. The monoisotopic (exact) mass is 191 g/mol. The highest BCUT2D eigenvalue weighted by Gasteiger charge is 2.29. The smallest absolute Gasteiger partial charge is 0.407 e. The first-order valence-corrected chi connectivity index (χ1v) is 4.83. The summed E-state index contributed by atoms with van der Waals surface area (Å²) in [6.07, 6.45) is 1.10. The minimum atomic E-state index is -0.809. The van der Waals surface area contributed by atoms with E-state index in [-0.39, 0.29) is 6.04 Å². The number of amides is 1. The summed E-state index contributed by atoms with van der Waals surface area (Å²) in [6, 6.07) is 9.90. The Kier molecular flexibility index (Phi) is 2.39. The first kappa shape index (κ1) is 9.06. The Labute approximate surface area is 83.0 Å². The van der Waals surface area contributed by atoms with Gasteiger partial charge in [-0.25, -0.2) is 4.79 Å². The predicted octanol–water partition coefficient (Wildman–Crippen LogP) is 2.50. The van der Waals surface area contributed by atoms with Gasteiger partial charge >= 0.3 is 6.09 Å². The summed E-state index contributed by atoms with van der Waals surface area (Å²) < 4.78 is 0. The summed E-state index contributed by atoms with van der Waals surface area (Å²) in [5.74, 6) is 0. The van der Waals surface area contributed by atoms with E-state index in [0.717, 1.165) is 18.4 Å². The number of hydrogen-bond donors (Lipinski definition) is 1.